The maximum Gasteiger partial charge on any atom is 0.258 e. The summed E-state index contributed by atoms with van der Waals surface area (Å²) in [6, 6.07) is 9.67. The first kappa shape index (κ1) is 13.2. The van der Waals surface area contributed by atoms with Crippen molar-refractivity contribution in [1.82, 2.24) is 9.97 Å². The van der Waals surface area contributed by atoms with Crippen molar-refractivity contribution in [1.29, 1.82) is 0 Å². The normalized spacial score (nSPS) is 10.6. The van der Waals surface area contributed by atoms with Crippen molar-refractivity contribution in [2.24, 2.45) is 0 Å². The minimum Gasteiger partial charge on any atom is -0.322 e. The second-order valence-corrected chi connectivity index (χ2v) is 4.70. The monoisotopic (exact) mass is 281 g/mol. The van der Waals surface area contributed by atoms with Crippen LogP contribution in [0.1, 0.15) is 15.9 Å². The molecule has 0 aliphatic rings. The highest BCUT2D eigenvalue weighted by molar-refractivity contribution is 6.05. The number of anilines is 1. The molecule has 3 rings (SSSR count). The molecule has 0 atom stereocenters. The van der Waals surface area contributed by atoms with Gasteiger partial charge in [0.15, 0.2) is 0 Å². The van der Waals surface area contributed by atoms with E-state index in [2.05, 4.69) is 15.3 Å². The third-order valence-corrected chi connectivity index (χ3v) is 3.10. The molecule has 0 aliphatic carbocycles. The van der Waals surface area contributed by atoms with E-state index in [4.69, 9.17) is 0 Å². The average molecular weight is 281 g/mol. The van der Waals surface area contributed by atoms with Gasteiger partial charge in [-0.05, 0) is 42.8 Å². The lowest BCUT2D eigenvalue weighted by molar-refractivity contribution is 0.102. The molecule has 0 saturated carbocycles. The number of halogens is 1. The number of aromatic nitrogens is 2. The Morgan fingerprint density at radius 2 is 1.81 bits per heavy atom. The summed E-state index contributed by atoms with van der Waals surface area (Å²) in [5.74, 6) is -1.02. The predicted molar refractivity (Wildman–Crippen MR) is 78.6 cm³/mol. The Labute approximate surface area is 120 Å². The van der Waals surface area contributed by atoms with E-state index in [1.54, 1.807) is 43.6 Å². The van der Waals surface area contributed by atoms with Gasteiger partial charge in [-0.1, -0.05) is 6.07 Å². The maximum atomic E-state index is 13.8. The molecule has 4 nitrogen and oxygen atoms in total. The Bertz CT molecular complexity index is 833. The lowest BCUT2D eigenvalue weighted by Crippen LogP contribution is -2.13. The maximum absolute atomic E-state index is 13.8. The molecule has 3 aromatic rings. The summed E-state index contributed by atoms with van der Waals surface area (Å²) in [7, 11) is 0. The van der Waals surface area contributed by atoms with Crippen LogP contribution in [0.5, 0.6) is 0 Å². The lowest BCUT2D eigenvalue weighted by Gasteiger charge is -2.07. The van der Waals surface area contributed by atoms with E-state index >= 15 is 0 Å². The van der Waals surface area contributed by atoms with E-state index in [9.17, 15) is 9.18 Å². The number of nitrogens with one attached hydrogen (secondary N) is 1. The van der Waals surface area contributed by atoms with Gasteiger partial charge in [0.25, 0.3) is 5.91 Å². The molecule has 0 radical (unpaired) electrons. The van der Waals surface area contributed by atoms with E-state index in [1.807, 2.05) is 0 Å². The Morgan fingerprint density at radius 1 is 1.05 bits per heavy atom. The topological polar surface area (TPSA) is 54.9 Å². The molecule has 1 aromatic heterocycles. The first-order valence-electron chi connectivity index (χ1n) is 6.42. The van der Waals surface area contributed by atoms with Gasteiger partial charge in [0, 0.05) is 18.1 Å². The Kier molecular flexibility index (Phi) is 3.31. The molecule has 0 spiro atoms. The van der Waals surface area contributed by atoms with E-state index in [0.29, 0.717) is 11.2 Å². The molecule has 1 heterocycles. The number of hydrogen-bond acceptors (Lipinski definition) is 3. The summed E-state index contributed by atoms with van der Waals surface area (Å²) >= 11 is 0. The summed E-state index contributed by atoms with van der Waals surface area (Å²) in [6.45, 7) is 1.77. The number of carbonyl (C=O) groups is 1. The zero-order valence-corrected chi connectivity index (χ0v) is 11.3. The van der Waals surface area contributed by atoms with Gasteiger partial charge in [-0.15, -0.1) is 0 Å². The van der Waals surface area contributed by atoms with Gasteiger partial charge in [0.1, 0.15) is 5.82 Å². The van der Waals surface area contributed by atoms with Crippen LogP contribution in [-0.2, 0) is 0 Å². The fraction of sp³-hybridized carbons (Fsp3) is 0.0625. The zero-order valence-electron chi connectivity index (χ0n) is 11.3. The number of amides is 1. The number of hydrogen-bond donors (Lipinski definition) is 1. The Hall–Kier alpha value is -2.82. The first-order chi connectivity index (χ1) is 10.1. The van der Waals surface area contributed by atoms with E-state index < -0.39 is 11.7 Å². The summed E-state index contributed by atoms with van der Waals surface area (Å²) in [6.07, 6.45) is 3.18. The number of nitrogens with zero attached hydrogens (tertiary/aromatic N) is 2. The largest absolute Gasteiger partial charge is 0.322 e. The fourth-order valence-corrected chi connectivity index (χ4v) is 2.04. The third-order valence-electron chi connectivity index (χ3n) is 3.10. The highest BCUT2D eigenvalue weighted by Gasteiger charge is 2.12. The van der Waals surface area contributed by atoms with Gasteiger partial charge >= 0.3 is 0 Å². The molecule has 104 valence electrons. The number of aryl methyl sites for hydroxylation is 1. The van der Waals surface area contributed by atoms with Crippen molar-refractivity contribution in [3.8, 4) is 0 Å². The average Bonchev–Trinajstić information content (AvgIpc) is 2.47. The molecule has 2 aromatic carbocycles. The third kappa shape index (κ3) is 2.72. The fourth-order valence-electron chi connectivity index (χ4n) is 2.04. The van der Waals surface area contributed by atoms with Gasteiger partial charge in [-0.25, -0.2) is 4.39 Å². The van der Waals surface area contributed by atoms with Crippen molar-refractivity contribution in [2.45, 2.75) is 6.92 Å². The van der Waals surface area contributed by atoms with Crippen LogP contribution in [0.15, 0.2) is 48.8 Å². The zero-order chi connectivity index (χ0) is 14.8. The number of rotatable bonds is 2. The first-order valence-corrected chi connectivity index (χ1v) is 6.42. The van der Waals surface area contributed by atoms with Crippen LogP contribution in [-0.4, -0.2) is 15.9 Å². The van der Waals surface area contributed by atoms with Crippen LogP contribution in [0.2, 0.25) is 0 Å². The van der Waals surface area contributed by atoms with Gasteiger partial charge in [0.2, 0.25) is 0 Å². The number of fused-ring (bicyclic) bond motifs is 1. The van der Waals surface area contributed by atoms with Crippen molar-refractivity contribution in [3.63, 3.8) is 0 Å². The summed E-state index contributed by atoms with van der Waals surface area (Å²) in [4.78, 5) is 20.4. The smallest absolute Gasteiger partial charge is 0.258 e. The molecule has 0 bridgehead atoms. The molecule has 1 amide bonds. The molecule has 0 saturated heterocycles. The van der Waals surface area contributed by atoms with Gasteiger partial charge in [0.05, 0.1) is 16.6 Å². The van der Waals surface area contributed by atoms with E-state index in [0.717, 1.165) is 11.1 Å². The van der Waals surface area contributed by atoms with Crippen LogP contribution in [0, 0.1) is 12.7 Å². The van der Waals surface area contributed by atoms with E-state index in [1.165, 1.54) is 12.1 Å². The van der Waals surface area contributed by atoms with Crippen molar-refractivity contribution < 1.29 is 9.18 Å². The van der Waals surface area contributed by atoms with Crippen LogP contribution in [0.25, 0.3) is 11.0 Å². The van der Waals surface area contributed by atoms with Crippen molar-refractivity contribution in [2.75, 3.05) is 5.32 Å². The van der Waals surface area contributed by atoms with E-state index in [-0.39, 0.29) is 5.56 Å². The minimum absolute atomic E-state index is 0.0137. The van der Waals surface area contributed by atoms with Gasteiger partial charge < -0.3 is 5.32 Å². The van der Waals surface area contributed by atoms with Crippen LogP contribution in [0.3, 0.4) is 0 Å². The summed E-state index contributed by atoms with van der Waals surface area (Å²) < 4.78 is 13.8. The molecule has 1 N–H and O–H groups in total. The summed E-state index contributed by atoms with van der Waals surface area (Å²) in [5, 5.41) is 2.66. The predicted octanol–water partition coefficient (Wildman–Crippen LogP) is 3.33. The van der Waals surface area contributed by atoms with Gasteiger partial charge in [-0.3, -0.25) is 14.8 Å². The SMILES string of the molecule is Cc1ccc(C(=O)Nc2ccc3nccnc3c2)c(F)c1. The highest BCUT2D eigenvalue weighted by Crippen LogP contribution is 2.17. The highest BCUT2D eigenvalue weighted by atomic mass is 19.1. The Balaban J connectivity index is 1.89. The van der Waals surface area contributed by atoms with Crippen molar-refractivity contribution in [3.05, 3.63) is 65.7 Å². The molecule has 0 aliphatic heterocycles. The van der Waals surface area contributed by atoms with Crippen molar-refractivity contribution >= 4 is 22.6 Å². The molecular weight excluding hydrogens is 269 g/mol. The molecular formula is C16H12FN3O. The number of benzene rings is 2. The van der Waals surface area contributed by atoms with Gasteiger partial charge in [-0.2, -0.15) is 0 Å². The lowest BCUT2D eigenvalue weighted by atomic mass is 10.1. The number of carbonyl (C=O) groups excluding carboxylic acids is 1. The van der Waals surface area contributed by atoms with Crippen LogP contribution >= 0.6 is 0 Å². The molecule has 21 heavy (non-hydrogen) atoms. The summed E-state index contributed by atoms with van der Waals surface area (Å²) in [5.41, 5.74) is 2.73. The van der Waals surface area contributed by atoms with Crippen LogP contribution in [0.4, 0.5) is 10.1 Å². The second-order valence-electron chi connectivity index (χ2n) is 4.70. The molecule has 0 fully saturated rings. The standard InChI is InChI=1S/C16H12FN3O/c1-10-2-4-12(13(17)8-10)16(21)20-11-3-5-14-15(9-11)19-7-6-18-14/h2-9H,1H3,(H,20,21). The second kappa shape index (κ2) is 5.28. The molecule has 5 heteroatoms. The Morgan fingerprint density at radius 3 is 2.57 bits per heavy atom. The molecule has 0 unspecified atom stereocenters. The van der Waals surface area contributed by atoms with Crippen LogP contribution < -0.4 is 5.32 Å². The quantitative estimate of drug-likeness (QED) is 0.784. The minimum atomic E-state index is -0.534.